The second-order valence-electron chi connectivity index (χ2n) is 5.57. The van der Waals surface area contributed by atoms with Gasteiger partial charge in [0.15, 0.2) is 0 Å². The number of unbranched alkanes of at least 4 members (excludes halogenated alkanes) is 1. The van der Waals surface area contributed by atoms with Gasteiger partial charge in [-0.3, -0.25) is 9.69 Å². The van der Waals surface area contributed by atoms with Crippen molar-refractivity contribution < 1.29 is 9.53 Å². The summed E-state index contributed by atoms with van der Waals surface area (Å²) in [6.07, 6.45) is 2.27. The van der Waals surface area contributed by atoms with Gasteiger partial charge in [0.2, 0.25) is 5.91 Å². The second-order valence-corrected chi connectivity index (χ2v) is 5.57. The van der Waals surface area contributed by atoms with Crippen LogP contribution in [0.1, 0.15) is 40.5 Å². The zero-order valence-electron chi connectivity index (χ0n) is 12.7. The first-order chi connectivity index (χ1) is 8.41. The van der Waals surface area contributed by atoms with Gasteiger partial charge >= 0.3 is 0 Å². The van der Waals surface area contributed by atoms with Gasteiger partial charge in [0.1, 0.15) is 0 Å². The van der Waals surface area contributed by atoms with Crippen molar-refractivity contribution in [2.75, 3.05) is 33.3 Å². The predicted octanol–water partition coefficient (Wildman–Crippen LogP) is 1.90. The normalized spacial score (nSPS) is 11.6. The summed E-state index contributed by atoms with van der Waals surface area (Å²) in [4.78, 5) is 13.6. The maximum Gasteiger partial charge on any atom is 0.234 e. The molecule has 4 nitrogen and oxygen atoms in total. The number of carbonyl (C=O) groups excluding carboxylic acids is 1. The van der Waals surface area contributed by atoms with Crippen LogP contribution in [-0.4, -0.2) is 50.2 Å². The SMILES string of the molecule is CC(C)CN(C)CC(=O)NCCCCOC(C)C. The summed E-state index contributed by atoms with van der Waals surface area (Å²) < 4.78 is 5.44. The standard InChI is InChI=1S/C14H30N2O2/c1-12(2)10-16(5)11-14(17)15-8-6-7-9-18-13(3)4/h12-13H,6-11H2,1-5H3,(H,15,17). The Morgan fingerprint density at radius 3 is 2.44 bits per heavy atom. The first kappa shape index (κ1) is 17.4. The molecule has 108 valence electrons. The Labute approximate surface area is 112 Å². The number of nitrogens with one attached hydrogen (secondary N) is 1. The lowest BCUT2D eigenvalue weighted by atomic mass is 10.2. The zero-order chi connectivity index (χ0) is 14.0. The van der Waals surface area contributed by atoms with Gasteiger partial charge in [-0.05, 0) is 39.7 Å². The van der Waals surface area contributed by atoms with Crippen molar-refractivity contribution in [2.24, 2.45) is 5.92 Å². The third kappa shape index (κ3) is 11.9. The van der Waals surface area contributed by atoms with Gasteiger partial charge in [-0.15, -0.1) is 0 Å². The lowest BCUT2D eigenvalue weighted by Gasteiger charge is -2.18. The van der Waals surface area contributed by atoms with E-state index in [-0.39, 0.29) is 5.91 Å². The van der Waals surface area contributed by atoms with Crippen molar-refractivity contribution in [1.29, 1.82) is 0 Å². The number of nitrogens with zero attached hydrogens (tertiary/aromatic N) is 1. The molecule has 0 aromatic rings. The monoisotopic (exact) mass is 258 g/mol. The Kier molecular flexibility index (Phi) is 9.98. The lowest BCUT2D eigenvalue weighted by Crippen LogP contribution is -2.37. The van der Waals surface area contributed by atoms with E-state index in [1.54, 1.807) is 0 Å². The van der Waals surface area contributed by atoms with Crippen LogP contribution in [0.4, 0.5) is 0 Å². The quantitative estimate of drug-likeness (QED) is 0.609. The maximum atomic E-state index is 11.6. The van der Waals surface area contributed by atoms with E-state index >= 15 is 0 Å². The van der Waals surface area contributed by atoms with Crippen molar-refractivity contribution >= 4 is 5.91 Å². The molecule has 4 heteroatoms. The molecule has 0 aliphatic rings. The number of carbonyl (C=O) groups is 1. The fourth-order valence-corrected chi connectivity index (χ4v) is 1.76. The fourth-order valence-electron chi connectivity index (χ4n) is 1.76. The third-order valence-electron chi connectivity index (χ3n) is 2.43. The van der Waals surface area contributed by atoms with E-state index in [0.29, 0.717) is 18.6 Å². The smallest absolute Gasteiger partial charge is 0.234 e. The van der Waals surface area contributed by atoms with Gasteiger partial charge < -0.3 is 10.1 Å². The van der Waals surface area contributed by atoms with E-state index in [1.807, 2.05) is 20.9 Å². The molecule has 1 amide bonds. The Balaban J connectivity index is 3.42. The van der Waals surface area contributed by atoms with E-state index in [0.717, 1.165) is 32.5 Å². The van der Waals surface area contributed by atoms with Gasteiger partial charge in [0, 0.05) is 19.7 Å². The summed E-state index contributed by atoms with van der Waals surface area (Å²) >= 11 is 0. The van der Waals surface area contributed by atoms with Crippen molar-refractivity contribution in [3.05, 3.63) is 0 Å². The van der Waals surface area contributed by atoms with Gasteiger partial charge in [0.05, 0.1) is 12.6 Å². The molecule has 0 saturated heterocycles. The molecule has 0 aromatic carbocycles. The van der Waals surface area contributed by atoms with Crippen LogP contribution in [0.5, 0.6) is 0 Å². The summed E-state index contributed by atoms with van der Waals surface area (Å²) in [5, 5.41) is 2.94. The first-order valence-corrected chi connectivity index (χ1v) is 6.98. The Hall–Kier alpha value is -0.610. The highest BCUT2D eigenvalue weighted by Crippen LogP contribution is 1.95. The zero-order valence-corrected chi connectivity index (χ0v) is 12.7. The largest absolute Gasteiger partial charge is 0.379 e. The van der Waals surface area contributed by atoms with E-state index < -0.39 is 0 Å². The number of rotatable bonds is 10. The number of likely N-dealkylation sites (N-methyl/N-ethyl adjacent to an activating group) is 1. The van der Waals surface area contributed by atoms with Gasteiger partial charge in [-0.25, -0.2) is 0 Å². The minimum Gasteiger partial charge on any atom is -0.379 e. The van der Waals surface area contributed by atoms with Gasteiger partial charge in [-0.2, -0.15) is 0 Å². The minimum atomic E-state index is 0.114. The van der Waals surface area contributed by atoms with Crippen LogP contribution >= 0.6 is 0 Å². The molecule has 18 heavy (non-hydrogen) atoms. The summed E-state index contributed by atoms with van der Waals surface area (Å²) in [7, 11) is 1.98. The predicted molar refractivity (Wildman–Crippen MR) is 75.7 cm³/mol. The van der Waals surface area contributed by atoms with Crippen LogP contribution in [0, 0.1) is 5.92 Å². The average molecular weight is 258 g/mol. The number of hydrogen-bond acceptors (Lipinski definition) is 3. The van der Waals surface area contributed by atoms with Crippen LogP contribution in [0.2, 0.25) is 0 Å². The molecule has 0 aliphatic carbocycles. The van der Waals surface area contributed by atoms with Crippen molar-refractivity contribution in [2.45, 2.75) is 46.6 Å². The van der Waals surface area contributed by atoms with E-state index in [1.165, 1.54) is 0 Å². The highest BCUT2D eigenvalue weighted by atomic mass is 16.5. The molecule has 0 radical (unpaired) electrons. The maximum absolute atomic E-state index is 11.6. The van der Waals surface area contributed by atoms with Crippen molar-refractivity contribution in [3.8, 4) is 0 Å². The Morgan fingerprint density at radius 2 is 1.89 bits per heavy atom. The third-order valence-corrected chi connectivity index (χ3v) is 2.43. The highest BCUT2D eigenvalue weighted by molar-refractivity contribution is 5.77. The summed E-state index contributed by atoms with van der Waals surface area (Å²) in [6, 6.07) is 0. The molecular weight excluding hydrogens is 228 g/mol. The van der Waals surface area contributed by atoms with E-state index in [2.05, 4.69) is 24.1 Å². The number of amides is 1. The van der Waals surface area contributed by atoms with Crippen LogP contribution in [0.15, 0.2) is 0 Å². The highest BCUT2D eigenvalue weighted by Gasteiger charge is 2.07. The molecular formula is C14H30N2O2. The molecule has 0 unspecified atom stereocenters. The van der Waals surface area contributed by atoms with Crippen LogP contribution in [-0.2, 0) is 9.53 Å². The molecule has 0 heterocycles. The van der Waals surface area contributed by atoms with Crippen LogP contribution in [0.25, 0.3) is 0 Å². The van der Waals surface area contributed by atoms with Crippen molar-refractivity contribution in [3.63, 3.8) is 0 Å². The van der Waals surface area contributed by atoms with E-state index in [9.17, 15) is 4.79 Å². The molecule has 0 atom stereocenters. The lowest BCUT2D eigenvalue weighted by molar-refractivity contribution is -0.122. The topological polar surface area (TPSA) is 41.6 Å². The molecule has 0 bridgehead atoms. The molecule has 0 rings (SSSR count). The first-order valence-electron chi connectivity index (χ1n) is 6.98. The molecule has 0 fully saturated rings. The Bertz CT molecular complexity index is 218. The van der Waals surface area contributed by atoms with Crippen LogP contribution in [0.3, 0.4) is 0 Å². The Morgan fingerprint density at radius 1 is 1.22 bits per heavy atom. The molecule has 0 spiro atoms. The summed E-state index contributed by atoms with van der Waals surface area (Å²) in [5.74, 6) is 0.707. The molecule has 1 N–H and O–H groups in total. The minimum absolute atomic E-state index is 0.114. The molecule has 0 saturated carbocycles. The number of ether oxygens (including phenoxy) is 1. The summed E-state index contributed by atoms with van der Waals surface area (Å²) in [5.41, 5.74) is 0. The fraction of sp³-hybridized carbons (Fsp3) is 0.929. The van der Waals surface area contributed by atoms with Crippen molar-refractivity contribution in [1.82, 2.24) is 10.2 Å². The number of hydrogen-bond donors (Lipinski definition) is 1. The molecule has 0 aliphatic heterocycles. The average Bonchev–Trinajstić information content (AvgIpc) is 2.21. The summed E-state index contributed by atoms with van der Waals surface area (Å²) in [6.45, 7) is 11.3. The van der Waals surface area contributed by atoms with Crippen LogP contribution < -0.4 is 5.32 Å². The molecule has 0 aromatic heterocycles. The second kappa shape index (κ2) is 10.3. The van der Waals surface area contributed by atoms with E-state index in [4.69, 9.17) is 4.74 Å². The van der Waals surface area contributed by atoms with Gasteiger partial charge in [-0.1, -0.05) is 13.8 Å². The van der Waals surface area contributed by atoms with Gasteiger partial charge in [0.25, 0.3) is 0 Å².